The molecule has 5 heterocycles. The smallest absolute Gasteiger partial charge is 0.257 e. The second-order valence-corrected chi connectivity index (χ2v) is 20.4. The van der Waals surface area contributed by atoms with E-state index in [1.807, 2.05) is 82.6 Å². The summed E-state index contributed by atoms with van der Waals surface area (Å²) in [5.74, 6) is -0.521. The number of nitrogens with zero attached hydrogens (tertiary/aromatic N) is 7. The Balaban J connectivity index is 0.829. The summed E-state index contributed by atoms with van der Waals surface area (Å²) in [5.41, 5.74) is 7.53. The number of ether oxygens (including phenoxy) is 1. The van der Waals surface area contributed by atoms with Crippen molar-refractivity contribution >= 4 is 69.0 Å². The van der Waals surface area contributed by atoms with E-state index in [0.29, 0.717) is 46.8 Å². The molecule has 382 valence electrons. The number of amides is 4. The maximum Gasteiger partial charge on any atom is 0.257 e. The first-order chi connectivity index (χ1) is 35.0. The van der Waals surface area contributed by atoms with Crippen molar-refractivity contribution in [2.75, 3.05) is 61.9 Å². The average molecular weight is 1010 g/mol. The van der Waals surface area contributed by atoms with E-state index in [1.54, 1.807) is 48.9 Å². The van der Waals surface area contributed by atoms with Gasteiger partial charge in [0.25, 0.3) is 5.56 Å². The van der Waals surface area contributed by atoms with Crippen molar-refractivity contribution < 1.29 is 29.0 Å². The molecule has 0 unspecified atom stereocenters. The van der Waals surface area contributed by atoms with Crippen LogP contribution in [0.5, 0.6) is 5.75 Å². The highest BCUT2D eigenvalue weighted by Crippen LogP contribution is 2.33. The maximum absolute atomic E-state index is 14.2. The lowest BCUT2D eigenvalue weighted by atomic mass is 9.85. The molecule has 5 N–H and O–H groups in total. The highest BCUT2D eigenvalue weighted by atomic mass is 32.1. The maximum atomic E-state index is 14.2. The molecule has 19 heteroatoms. The summed E-state index contributed by atoms with van der Waals surface area (Å²) in [6.45, 7) is 17.0. The fraction of sp³-hybridized carbons (Fsp3) is 0.370. The first-order valence-electron chi connectivity index (χ1n) is 24.4. The number of carbonyl (C=O) groups is 4. The lowest BCUT2D eigenvalue weighted by Crippen LogP contribution is -2.57. The average Bonchev–Trinajstić information content (AvgIpc) is 3.99. The Morgan fingerprint density at radius 2 is 1.74 bits per heavy atom. The highest BCUT2D eigenvalue weighted by Gasteiger charge is 2.44. The van der Waals surface area contributed by atoms with Crippen LogP contribution < -0.4 is 36.5 Å². The van der Waals surface area contributed by atoms with Crippen LogP contribution >= 0.6 is 11.3 Å². The number of likely N-dealkylation sites (tertiary alicyclic amines) is 1. The van der Waals surface area contributed by atoms with Crippen LogP contribution in [0.1, 0.15) is 56.9 Å². The van der Waals surface area contributed by atoms with Gasteiger partial charge in [-0.05, 0) is 85.3 Å². The van der Waals surface area contributed by atoms with Gasteiger partial charge in [0, 0.05) is 87.2 Å². The van der Waals surface area contributed by atoms with Crippen LogP contribution in [-0.4, -0.2) is 123 Å². The molecule has 18 nitrogen and oxygen atoms in total. The van der Waals surface area contributed by atoms with Gasteiger partial charge in [-0.15, -0.1) is 11.3 Å². The number of thiazole rings is 1. The van der Waals surface area contributed by atoms with E-state index in [1.165, 1.54) is 21.6 Å². The molecule has 3 aromatic carbocycles. The molecule has 6 aromatic rings. The van der Waals surface area contributed by atoms with Gasteiger partial charge in [0.1, 0.15) is 17.8 Å². The minimum atomic E-state index is -0.900. The summed E-state index contributed by atoms with van der Waals surface area (Å²) in [5, 5.41) is 23.3. The number of methoxy groups -OCH3 is 1. The molecule has 3 atom stereocenters. The van der Waals surface area contributed by atoms with Gasteiger partial charge >= 0.3 is 0 Å². The number of piperazine rings is 1. The summed E-state index contributed by atoms with van der Waals surface area (Å²) < 4.78 is 7.31. The molecule has 0 spiro atoms. The molecule has 0 bridgehead atoms. The van der Waals surface area contributed by atoms with Crippen molar-refractivity contribution in [1.82, 2.24) is 40.0 Å². The Bertz CT molecular complexity index is 3070. The number of aliphatic hydroxyl groups excluding tert-OH is 1. The molecule has 3 aromatic heterocycles. The van der Waals surface area contributed by atoms with Crippen molar-refractivity contribution in [2.24, 2.45) is 5.41 Å². The van der Waals surface area contributed by atoms with Crippen molar-refractivity contribution in [1.29, 1.82) is 0 Å². The first kappa shape index (κ1) is 51.9. The zero-order chi connectivity index (χ0) is 52.0. The van der Waals surface area contributed by atoms with Gasteiger partial charge in [-0.3, -0.25) is 33.4 Å². The summed E-state index contributed by atoms with van der Waals surface area (Å²) in [7, 11) is 1.60. The van der Waals surface area contributed by atoms with Crippen LogP contribution in [0.3, 0.4) is 0 Å². The van der Waals surface area contributed by atoms with E-state index in [2.05, 4.69) is 47.6 Å². The Hall–Kier alpha value is -7.48. The van der Waals surface area contributed by atoms with Gasteiger partial charge in [-0.1, -0.05) is 57.7 Å². The number of fused-ring (bicyclic) bond motifs is 1. The number of aryl methyl sites for hydroxylation is 2. The zero-order valence-corrected chi connectivity index (χ0v) is 42.9. The number of carbonyl (C=O) groups excluding carboxylic acids is 4. The topological polar surface area (TPSA) is 216 Å². The number of hydrogen-bond acceptors (Lipinski definition) is 14. The number of aliphatic hydroxyl groups is 1. The zero-order valence-electron chi connectivity index (χ0n) is 42.1. The van der Waals surface area contributed by atoms with Gasteiger partial charge in [-0.25, -0.2) is 9.97 Å². The molecule has 0 radical (unpaired) electrons. The molecular weight excluding hydrogens is 947 g/mol. The minimum absolute atomic E-state index is 0.00594. The van der Waals surface area contributed by atoms with Gasteiger partial charge < -0.3 is 40.9 Å². The molecule has 8 rings (SSSR count). The number of aromatic nitrogens is 4. The standard InChI is InChI=1S/C54H63N11O7S/c1-8-45(67)58-37-11-9-12-39(26-37)65-47(69)25-33(2)41-30-56-53(61-50(41)65)59-42-19-18-38(27-44(42)72-7)63-23-21-62(22-24-63)20-10-13-46(68)60-49(54(4,5)6)52(71)64-31-40(66)28-43(64)51(70)55-29-35-14-16-36(17-15-35)48-34(3)57-32-73-48/h8-9,11-12,14-19,25-27,30,32,40,43,49,66H,1,10,13,20-24,28-29,31H2,2-7H3,(H,55,70)(H,58,67)(H,60,68)(H,56,59,61)/t40-,43+,49-/m1/s1. The van der Waals surface area contributed by atoms with Crippen LogP contribution in [0.15, 0.2) is 102 Å². The Kier molecular flexibility index (Phi) is 16.0. The first-order valence-corrected chi connectivity index (χ1v) is 25.3. The van der Waals surface area contributed by atoms with Gasteiger partial charge in [0.15, 0.2) is 5.65 Å². The molecular formula is C54H63N11O7S. The number of anilines is 4. The predicted molar refractivity (Wildman–Crippen MR) is 285 cm³/mol. The van der Waals surface area contributed by atoms with Gasteiger partial charge in [-0.2, -0.15) is 4.98 Å². The van der Waals surface area contributed by atoms with E-state index < -0.39 is 23.6 Å². The molecule has 2 aliphatic rings. The van der Waals surface area contributed by atoms with Crippen molar-refractivity contribution in [3.8, 4) is 21.9 Å². The van der Waals surface area contributed by atoms with Gasteiger partial charge in [0.2, 0.25) is 29.6 Å². The molecule has 0 aliphatic carbocycles. The third-order valence-corrected chi connectivity index (χ3v) is 14.3. The van der Waals surface area contributed by atoms with Crippen LogP contribution in [-0.2, 0) is 25.7 Å². The SMILES string of the molecule is C=CC(=O)Nc1cccc(-n2c(=O)cc(C)c3cnc(Nc4ccc(N5CCN(CCCC(=O)N[C@H](C(=O)N6C[C@H](O)C[C@H]6C(=O)NCc6ccc(-c7scnc7C)cc6)C(C)(C)C)CC5)cc4OC)nc32)c1. The molecule has 0 saturated carbocycles. The molecule has 2 aliphatic heterocycles. The number of rotatable bonds is 17. The molecule has 4 amide bonds. The van der Waals surface area contributed by atoms with Crippen LogP contribution in [0.4, 0.5) is 23.0 Å². The van der Waals surface area contributed by atoms with Crippen molar-refractivity contribution in [3.63, 3.8) is 0 Å². The third kappa shape index (κ3) is 12.2. The quantitative estimate of drug-likeness (QED) is 0.0653. The summed E-state index contributed by atoms with van der Waals surface area (Å²) in [6, 6.07) is 20.5. The fourth-order valence-electron chi connectivity index (χ4n) is 9.29. The third-order valence-electron chi connectivity index (χ3n) is 13.3. The number of β-amino-alcohol motifs (C(OH)–C–C–N with tert-alkyl or cyclic N) is 1. The number of nitrogens with one attached hydrogen (secondary N) is 4. The van der Waals surface area contributed by atoms with E-state index in [9.17, 15) is 29.1 Å². The molecule has 2 saturated heterocycles. The second-order valence-electron chi connectivity index (χ2n) is 19.6. The Morgan fingerprint density at radius 3 is 2.44 bits per heavy atom. The van der Waals surface area contributed by atoms with E-state index in [4.69, 9.17) is 9.72 Å². The van der Waals surface area contributed by atoms with Crippen molar-refractivity contribution in [3.05, 3.63) is 124 Å². The van der Waals surface area contributed by atoms with E-state index in [0.717, 1.165) is 59.1 Å². The fourth-order valence-corrected chi connectivity index (χ4v) is 10.1. The highest BCUT2D eigenvalue weighted by molar-refractivity contribution is 7.13. The monoisotopic (exact) mass is 1010 g/mol. The van der Waals surface area contributed by atoms with Crippen LogP contribution in [0.2, 0.25) is 0 Å². The lowest BCUT2D eigenvalue weighted by Gasteiger charge is -2.36. The minimum Gasteiger partial charge on any atom is -0.494 e. The second kappa shape index (κ2) is 22.5. The lowest BCUT2D eigenvalue weighted by molar-refractivity contribution is -0.144. The normalized spacial score (nSPS) is 16.5. The summed E-state index contributed by atoms with van der Waals surface area (Å²) >= 11 is 1.58. The molecule has 2 fully saturated rings. The summed E-state index contributed by atoms with van der Waals surface area (Å²) in [4.78, 5) is 87.4. The number of hydrogen-bond donors (Lipinski definition) is 5. The summed E-state index contributed by atoms with van der Waals surface area (Å²) in [6.07, 6.45) is 2.92. The Morgan fingerprint density at radius 1 is 0.973 bits per heavy atom. The number of benzene rings is 3. The van der Waals surface area contributed by atoms with Crippen molar-refractivity contribution in [2.45, 2.75) is 78.6 Å². The molecule has 73 heavy (non-hydrogen) atoms. The van der Waals surface area contributed by atoms with Crippen LogP contribution in [0.25, 0.3) is 27.2 Å². The number of pyridine rings is 1. The van der Waals surface area contributed by atoms with Crippen LogP contribution in [0, 0.1) is 19.3 Å². The largest absolute Gasteiger partial charge is 0.494 e. The predicted octanol–water partition coefficient (Wildman–Crippen LogP) is 6.11. The van der Waals surface area contributed by atoms with E-state index >= 15 is 0 Å². The van der Waals surface area contributed by atoms with E-state index in [-0.39, 0.29) is 61.1 Å². The van der Waals surface area contributed by atoms with Gasteiger partial charge in [0.05, 0.1) is 40.7 Å². The Labute approximate surface area is 428 Å².